The van der Waals surface area contributed by atoms with Crippen LogP contribution in [0.4, 0.5) is 11.4 Å². The lowest BCUT2D eigenvalue weighted by Gasteiger charge is -2.37. The zero-order chi connectivity index (χ0) is 16.2. The molecule has 2 fully saturated rings. The molecule has 1 amide bonds. The Balaban J connectivity index is 1.73. The predicted molar refractivity (Wildman–Crippen MR) is 93.6 cm³/mol. The first-order valence-corrected chi connectivity index (χ1v) is 8.95. The monoisotopic (exact) mass is 313 g/mol. The van der Waals surface area contributed by atoms with E-state index in [9.17, 15) is 4.79 Å². The van der Waals surface area contributed by atoms with E-state index in [1.165, 1.54) is 30.5 Å². The van der Waals surface area contributed by atoms with E-state index in [1.54, 1.807) is 0 Å². The lowest BCUT2D eigenvalue weighted by atomic mass is 9.64. The van der Waals surface area contributed by atoms with Crippen LogP contribution in [0.2, 0.25) is 0 Å². The minimum Gasteiger partial charge on any atom is -0.399 e. The van der Waals surface area contributed by atoms with Crippen molar-refractivity contribution in [2.24, 2.45) is 5.92 Å². The number of hydrogen-bond donors (Lipinski definition) is 2. The molecule has 23 heavy (non-hydrogen) atoms. The van der Waals surface area contributed by atoms with E-state index in [0.717, 1.165) is 37.2 Å². The van der Waals surface area contributed by atoms with Crippen LogP contribution in [0.1, 0.15) is 56.1 Å². The maximum absolute atomic E-state index is 12.6. The Morgan fingerprint density at radius 1 is 1.35 bits per heavy atom. The minimum atomic E-state index is -0.275. The molecule has 4 rings (SSSR count). The van der Waals surface area contributed by atoms with Crippen LogP contribution in [-0.4, -0.2) is 30.9 Å². The average Bonchev–Trinajstić information content (AvgIpc) is 2.77. The fourth-order valence-corrected chi connectivity index (χ4v) is 4.81. The summed E-state index contributed by atoms with van der Waals surface area (Å²) < 4.78 is 0. The highest BCUT2D eigenvalue weighted by molar-refractivity contribution is 6.08. The molecule has 0 bridgehead atoms. The molecule has 2 unspecified atom stereocenters. The standard InChI is InChI=1S/C19H27N3O/c1-12(13-5-3-8-22(2)11-13)15-9-14(20)10-16-17(15)21-18(23)19(16)6-4-7-19/h9-10,12-13H,3-8,11,20H2,1-2H3,(H,21,23). The van der Waals surface area contributed by atoms with Crippen molar-refractivity contribution >= 4 is 17.3 Å². The largest absolute Gasteiger partial charge is 0.399 e. The molecule has 2 atom stereocenters. The summed E-state index contributed by atoms with van der Waals surface area (Å²) in [5, 5.41) is 3.21. The molecular weight excluding hydrogens is 286 g/mol. The van der Waals surface area contributed by atoms with Crippen molar-refractivity contribution in [3.8, 4) is 0 Å². The summed E-state index contributed by atoms with van der Waals surface area (Å²) in [6.45, 7) is 4.62. The van der Waals surface area contributed by atoms with Crippen molar-refractivity contribution in [2.45, 2.75) is 50.4 Å². The summed E-state index contributed by atoms with van der Waals surface area (Å²) in [6.07, 6.45) is 5.59. The number of anilines is 2. The Morgan fingerprint density at radius 3 is 2.78 bits per heavy atom. The normalized spacial score (nSPS) is 27.4. The van der Waals surface area contributed by atoms with Crippen molar-refractivity contribution in [1.82, 2.24) is 4.90 Å². The molecule has 1 aromatic carbocycles. The van der Waals surface area contributed by atoms with Crippen molar-refractivity contribution in [1.29, 1.82) is 0 Å². The summed E-state index contributed by atoms with van der Waals surface area (Å²) in [5.41, 5.74) is 10.2. The topological polar surface area (TPSA) is 58.4 Å². The molecule has 0 aromatic heterocycles. The first-order valence-electron chi connectivity index (χ1n) is 8.95. The first kappa shape index (κ1) is 15.0. The number of nitrogen functional groups attached to an aromatic ring is 1. The summed E-state index contributed by atoms with van der Waals surface area (Å²) in [6, 6.07) is 4.13. The van der Waals surface area contributed by atoms with Gasteiger partial charge in [0.25, 0.3) is 0 Å². The lowest BCUT2D eigenvalue weighted by molar-refractivity contribution is -0.123. The highest BCUT2D eigenvalue weighted by atomic mass is 16.2. The molecule has 2 heterocycles. The maximum Gasteiger partial charge on any atom is 0.235 e. The van der Waals surface area contributed by atoms with E-state index in [2.05, 4.69) is 30.3 Å². The Labute approximate surface area is 138 Å². The smallest absolute Gasteiger partial charge is 0.235 e. The lowest BCUT2D eigenvalue weighted by Crippen LogP contribution is -2.40. The van der Waals surface area contributed by atoms with E-state index >= 15 is 0 Å². The summed E-state index contributed by atoms with van der Waals surface area (Å²) in [5.74, 6) is 1.25. The molecule has 1 spiro atoms. The molecule has 124 valence electrons. The van der Waals surface area contributed by atoms with Crippen LogP contribution in [0.3, 0.4) is 0 Å². The summed E-state index contributed by atoms with van der Waals surface area (Å²) in [4.78, 5) is 15.0. The van der Waals surface area contributed by atoms with E-state index in [0.29, 0.717) is 11.8 Å². The van der Waals surface area contributed by atoms with E-state index in [1.807, 2.05) is 6.07 Å². The zero-order valence-electron chi connectivity index (χ0n) is 14.2. The van der Waals surface area contributed by atoms with E-state index in [4.69, 9.17) is 5.73 Å². The van der Waals surface area contributed by atoms with Gasteiger partial charge in [0.15, 0.2) is 0 Å². The van der Waals surface area contributed by atoms with Crippen molar-refractivity contribution in [3.63, 3.8) is 0 Å². The van der Waals surface area contributed by atoms with E-state index in [-0.39, 0.29) is 11.3 Å². The molecule has 3 N–H and O–H groups in total. The number of nitrogens with one attached hydrogen (secondary N) is 1. The van der Waals surface area contributed by atoms with Gasteiger partial charge in [0.2, 0.25) is 5.91 Å². The van der Waals surface area contributed by atoms with Gasteiger partial charge in [0.05, 0.1) is 5.41 Å². The number of fused-ring (bicyclic) bond motifs is 2. The fraction of sp³-hybridized carbons (Fsp3) is 0.632. The van der Waals surface area contributed by atoms with Gasteiger partial charge in [0, 0.05) is 17.9 Å². The first-order chi connectivity index (χ1) is 11.0. The van der Waals surface area contributed by atoms with Gasteiger partial charge in [-0.15, -0.1) is 0 Å². The van der Waals surface area contributed by atoms with Crippen LogP contribution in [0.5, 0.6) is 0 Å². The van der Waals surface area contributed by atoms with Crippen LogP contribution in [0, 0.1) is 5.92 Å². The van der Waals surface area contributed by atoms with Gasteiger partial charge in [-0.1, -0.05) is 13.3 Å². The number of carbonyl (C=O) groups is 1. The Kier molecular flexibility index (Phi) is 3.41. The SMILES string of the molecule is CC(c1cc(N)cc2c1NC(=O)C21CCC1)C1CCCN(C)C1. The van der Waals surface area contributed by atoms with Crippen LogP contribution in [0.15, 0.2) is 12.1 Å². The molecule has 1 saturated heterocycles. The molecule has 1 saturated carbocycles. The molecule has 3 aliphatic rings. The summed E-state index contributed by atoms with van der Waals surface area (Å²) in [7, 11) is 2.20. The number of nitrogens with two attached hydrogens (primary N) is 1. The van der Waals surface area contributed by atoms with Crippen molar-refractivity contribution in [2.75, 3.05) is 31.2 Å². The molecule has 2 aliphatic heterocycles. The molecule has 1 aromatic rings. The Morgan fingerprint density at radius 2 is 2.13 bits per heavy atom. The molecule has 4 nitrogen and oxygen atoms in total. The number of amides is 1. The fourth-order valence-electron chi connectivity index (χ4n) is 4.81. The Hall–Kier alpha value is -1.55. The number of likely N-dealkylation sites (tertiary alicyclic amines) is 1. The van der Waals surface area contributed by atoms with Crippen LogP contribution >= 0.6 is 0 Å². The summed E-state index contributed by atoms with van der Waals surface area (Å²) >= 11 is 0. The second-order valence-corrected chi connectivity index (χ2v) is 7.88. The van der Waals surface area contributed by atoms with Gasteiger partial charge >= 0.3 is 0 Å². The molecular formula is C19H27N3O. The second-order valence-electron chi connectivity index (χ2n) is 7.88. The van der Waals surface area contributed by atoms with Gasteiger partial charge in [-0.3, -0.25) is 4.79 Å². The third kappa shape index (κ3) is 2.18. The number of rotatable bonds is 2. The number of piperidine rings is 1. The van der Waals surface area contributed by atoms with Gasteiger partial charge in [-0.05, 0) is 74.4 Å². The Bertz CT molecular complexity index is 650. The van der Waals surface area contributed by atoms with Crippen LogP contribution < -0.4 is 11.1 Å². The second kappa shape index (κ2) is 5.23. The number of hydrogen-bond acceptors (Lipinski definition) is 3. The molecule has 0 radical (unpaired) electrons. The highest BCUT2D eigenvalue weighted by Gasteiger charge is 2.52. The van der Waals surface area contributed by atoms with Gasteiger partial charge in [0.1, 0.15) is 0 Å². The number of benzene rings is 1. The highest BCUT2D eigenvalue weighted by Crippen LogP contribution is 2.54. The van der Waals surface area contributed by atoms with Gasteiger partial charge < -0.3 is 16.0 Å². The minimum absolute atomic E-state index is 0.193. The van der Waals surface area contributed by atoms with Crippen LogP contribution in [0.25, 0.3) is 0 Å². The van der Waals surface area contributed by atoms with E-state index < -0.39 is 0 Å². The molecule has 4 heteroatoms. The third-order valence-corrected chi connectivity index (χ3v) is 6.45. The maximum atomic E-state index is 12.6. The number of nitrogens with zero attached hydrogens (tertiary/aromatic N) is 1. The predicted octanol–water partition coefficient (Wildman–Crippen LogP) is 3.09. The van der Waals surface area contributed by atoms with Crippen molar-refractivity contribution in [3.05, 3.63) is 23.3 Å². The van der Waals surface area contributed by atoms with Gasteiger partial charge in [-0.25, -0.2) is 0 Å². The van der Waals surface area contributed by atoms with Crippen molar-refractivity contribution < 1.29 is 4.79 Å². The quantitative estimate of drug-likeness (QED) is 0.825. The van der Waals surface area contributed by atoms with Gasteiger partial charge in [-0.2, -0.15) is 0 Å². The zero-order valence-corrected chi connectivity index (χ0v) is 14.2. The average molecular weight is 313 g/mol. The number of carbonyl (C=O) groups excluding carboxylic acids is 1. The van der Waals surface area contributed by atoms with Crippen LogP contribution in [-0.2, 0) is 10.2 Å². The molecule has 1 aliphatic carbocycles. The third-order valence-electron chi connectivity index (χ3n) is 6.45.